The molecule has 1 aromatic rings. The van der Waals surface area contributed by atoms with Crippen molar-refractivity contribution >= 4 is 14.3 Å². The van der Waals surface area contributed by atoms with Crippen LogP contribution in [0.15, 0.2) is 42.5 Å². The lowest BCUT2D eigenvalue weighted by Gasteiger charge is -2.39. The van der Waals surface area contributed by atoms with Crippen LogP contribution in [-0.2, 0) is 20.4 Å². The van der Waals surface area contributed by atoms with E-state index in [9.17, 15) is 4.79 Å². The molecule has 0 radical (unpaired) electrons. The average Bonchev–Trinajstić information content (AvgIpc) is 3.12. The molecule has 0 aromatic heterocycles. The minimum absolute atomic E-state index is 0.0246. The summed E-state index contributed by atoms with van der Waals surface area (Å²) in [7, 11) is -1.87. The third-order valence-electron chi connectivity index (χ3n) is 7.28. The van der Waals surface area contributed by atoms with Crippen LogP contribution in [0.3, 0.4) is 0 Å². The highest BCUT2D eigenvalue weighted by atomic mass is 28.4. The zero-order valence-electron chi connectivity index (χ0n) is 19.0. The van der Waals surface area contributed by atoms with Crippen LogP contribution in [0.4, 0.5) is 0 Å². The van der Waals surface area contributed by atoms with Crippen molar-refractivity contribution in [2.24, 2.45) is 17.8 Å². The predicted octanol–water partition coefficient (Wildman–Crippen LogP) is 6.15. The molecule has 3 nitrogen and oxygen atoms in total. The Morgan fingerprint density at radius 2 is 1.93 bits per heavy atom. The maximum atomic E-state index is 11.7. The number of fused-ring (bicyclic) bond motifs is 1. The van der Waals surface area contributed by atoms with Crippen LogP contribution >= 0.6 is 0 Å². The number of hydrogen-bond acceptors (Lipinski definition) is 3. The molecule has 0 bridgehead atoms. The highest BCUT2D eigenvalue weighted by molar-refractivity contribution is 6.74. The molecule has 3 rings (SSSR count). The summed E-state index contributed by atoms with van der Waals surface area (Å²) >= 11 is 0. The minimum atomic E-state index is -1.87. The van der Waals surface area contributed by atoms with Gasteiger partial charge in [0.15, 0.2) is 8.32 Å². The normalized spacial score (nSPS) is 28.6. The molecule has 29 heavy (non-hydrogen) atoms. The van der Waals surface area contributed by atoms with Crippen LogP contribution in [0.5, 0.6) is 0 Å². The second-order valence-electron chi connectivity index (χ2n) is 10.5. The minimum Gasteiger partial charge on any atom is -0.462 e. The zero-order valence-corrected chi connectivity index (χ0v) is 20.0. The van der Waals surface area contributed by atoms with Gasteiger partial charge in [0.2, 0.25) is 0 Å². The maximum Gasteiger partial charge on any atom is 0.306 e. The summed E-state index contributed by atoms with van der Waals surface area (Å²) in [5, 5.41) is 0.184. The Kier molecular flexibility index (Phi) is 6.74. The van der Waals surface area contributed by atoms with Crippen LogP contribution in [-0.4, -0.2) is 26.5 Å². The topological polar surface area (TPSA) is 35.5 Å². The fourth-order valence-corrected chi connectivity index (χ4v) is 5.78. The van der Waals surface area contributed by atoms with Gasteiger partial charge in [-0.2, -0.15) is 0 Å². The summed E-state index contributed by atoms with van der Waals surface area (Å²) in [6.07, 6.45) is 8.44. The molecular formula is C25H38O3Si. The fraction of sp³-hybridized carbons (Fsp3) is 0.640. The van der Waals surface area contributed by atoms with Crippen molar-refractivity contribution in [1.82, 2.24) is 0 Å². The molecule has 1 saturated carbocycles. The molecule has 4 unspecified atom stereocenters. The summed E-state index contributed by atoms with van der Waals surface area (Å²) in [5.74, 6) is 1.28. The molecule has 1 heterocycles. The molecule has 1 aliphatic carbocycles. The number of esters is 1. The summed E-state index contributed by atoms with van der Waals surface area (Å²) in [4.78, 5) is 11.7. The van der Waals surface area contributed by atoms with Crippen molar-refractivity contribution in [3.8, 4) is 0 Å². The van der Waals surface area contributed by atoms with Gasteiger partial charge in [-0.3, -0.25) is 4.79 Å². The summed E-state index contributed by atoms with van der Waals surface area (Å²) in [6, 6.07) is 10.7. The van der Waals surface area contributed by atoms with Gasteiger partial charge in [0.05, 0.1) is 12.5 Å². The van der Waals surface area contributed by atoms with E-state index in [0.717, 1.165) is 19.3 Å². The molecule has 2 aliphatic rings. The Morgan fingerprint density at radius 3 is 2.59 bits per heavy atom. The molecule has 160 valence electrons. The molecular weight excluding hydrogens is 376 g/mol. The lowest BCUT2D eigenvalue weighted by Crippen LogP contribution is -2.43. The largest absolute Gasteiger partial charge is 0.462 e. The number of carbonyl (C=O) groups excluding carboxylic acids is 1. The first-order valence-corrected chi connectivity index (χ1v) is 14.1. The van der Waals surface area contributed by atoms with Gasteiger partial charge < -0.3 is 9.16 Å². The van der Waals surface area contributed by atoms with Crippen LogP contribution < -0.4 is 0 Å². The first-order chi connectivity index (χ1) is 13.6. The number of aryl methyl sites for hydroxylation is 1. The molecule has 2 fully saturated rings. The Labute approximate surface area is 178 Å². The van der Waals surface area contributed by atoms with Crippen LogP contribution in [0.1, 0.15) is 52.5 Å². The third-order valence-corrected chi connectivity index (χ3v) is 11.8. The first-order valence-electron chi connectivity index (χ1n) is 11.2. The average molecular weight is 415 g/mol. The molecule has 5 atom stereocenters. The van der Waals surface area contributed by atoms with Gasteiger partial charge in [-0.1, -0.05) is 70.2 Å². The monoisotopic (exact) mass is 414 g/mol. The smallest absolute Gasteiger partial charge is 0.306 e. The van der Waals surface area contributed by atoms with E-state index < -0.39 is 8.32 Å². The fourth-order valence-electron chi connectivity index (χ4n) is 4.47. The Morgan fingerprint density at radius 1 is 1.24 bits per heavy atom. The number of hydrogen-bond donors (Lipinski definition) is 0. The Hall–Kier alpha value is -1.39. The lowest BCUT2D eigenvalue weighted by atomic mass is 9.88. The van der Waals surface area contributed by atoms with E-state index in [1.54, 1.807) is 0 Å². The van der Waals surface area contributed by atoms with Gasteiger partial charge in [-0.15, -0.1) is 0 Å². The second-order valence-corrected chi connectivity index (χ2v) is 15.3. The van der Waals surface area contributed by atoms with Gasteiger partial charge in [0, 0.05) is 5.92 Å². The van der Waals surface area contributed by atoms with E-state index in [2.05, 4.69) is 83.3 Å². The van der Waals surface area contributed by atoms with Crippen molar-refractivity contribution in [3.63, 3.8) is 0 Å². The van der Waals surface area contributed by atoms with Gasteiger partial charge in [-0.25, -0.2) is 0 Å². The SMILES string of the molecule is CC1CC2OC(=O)CC2[C@H]1/C=C/C(CCc1ccccc1)O[Si](C)(C)C(C)(C)C. The maximum absolute atomic E-state index is 11.7. The molecule has 4 heteroatoms. The van der Waals surface area contributed by atoms with Gasteiger partial charge in [0.1, 0.15) is 6.10 Å². The van der Waals surface area contributed by atoms with Crippen LogP contribution in [0, 0.1) is 17.8 Å². The van der Waals surface area contributed by atoms with Crippen molar-refractivity contribution in [2.45, 2.75) is 83.7 Å². The van der Waals surface area contributed by atoms with Crippen molar-refractivity contribution in [2.75, 3.05) is 0 Å². The van der Waals surface area contributed by atoms with Crippen LogP contribution in [0.25, 0.3) is 0 Å². The molecule has 0 spiro atoms. The predicted molar refractivity (Wildman–Crippen MR) is 121 cm³/mol. The highest BCUT2D eigenvalue weighted by Crippen LogP contribution is 2.45. The molecule has 0 amide bonds. The highest BCUT2D eigenvalue weighted by Gasteiger charge is 2.47. The summed E-state index contributed by atoms with van der Waals surface area (Å²) in [6.45, 7) is 13.8. The van der Waals surface area contributed by atoms with Gasteiger partial charge in [-0.05, 0) is 54.8 Å². The molecule has 0 N–H and O–H groups in total. The number of allylic oxidation sites excluding steroid dienone is 1. The summed E-state index contributed by atoms with van der Waals surface area (Å²) in [5.41, 5.74) is 1.36. The molecule has 1 aromatic carbocycles. The van der Waals surface area contributed by atoms with Gasteiger partial charge in [0.25, 0.3) is 0 Å². The number of ether oxygens (including phenoxy) is 1. The van der Waals surface area contributed by atoms with E-state index in [0.29, 0.717) is 24.2 Å². The number of carbonyl (C=O) groups is 1. The zero-order chi connectivity index (χ0) is 21.2. The number of benzene rings is 1. The Balaban J connectivity index is 1.73. The Bertz CT molecular complexity index is 719. The van der Waals surface area contributed by atoms with E-state index >= 15 is 0 Å². The standard InChI is InChI=1S/C25H38O3Si/c1-18-16-23-22(17-24(26)27-23)21(18)15-14-20(28-29(5,6)25(2,3)4)13-12-19-10-8-7-9-11-19/h7-11,14-15,18,20-23H,12-13,16-17H2,1-6H3/b15-14+/t18?,20?,21-,22?,23?/m0/s1. The van der Waals surface area contributed by atoms with Crippen molar-refractivity contribution in [3.05, 3.63) is 48.0 Å². The molecule has 1 saturated heterocycles. The van der Waals surface area contributed by atoms with E-state index in [1.165, 1.54) is 5.56 Å². The van der Waals surface area contributed by atoms with Crippen molar-refractivity contribution in [1.29, 1.82) is 0 Å². The first kappa shape index (κ1) is 22.3. The lowest BCUT2D eigenvalue weighted by molar-refractivity contribution is -0.141. The van der Waals surface area contributed by atoms with E-state index in [4.69, 9.17) is 9.16 Å². The van der Waals surface area contributed by atoms with Gasteiger partial charge >= 0.3 is 5.97 Å². The quantitative estimate of drug-likeness (QED) is 0.305. The summed E-state index contributed by atoms with van der Waals surface area (Å²) < 4.78 is 12.3. The van der Waals surface area contributed by atoms with E-state index in [-0.39, 0.29) is 23.2 Å². The molecule has 1 aliphatic heterocycles. The van der Waals surface area contributed by atoms with Crippen LogP contribution in [0.2, 0.25) is 18.1 Å². The van der Waals surface area contributed by atoms with E-state index in [1.807, 2.05) is 0 Å². The van der Waals surface area contributed by atoms with Crippen molar-refractivity contribution < 1.29 is 14.0 Å². The number of rotatable bonds is 7. The third kappa shape index (κ3) is 5.40. The second kappa shape index (κ2) is 8.77.